The van der Waals surface area contributed by atoms with E-state index >= 15 is 0 Å². The largest absolute Gasteiger partial charge is 0.347 e. The Kier molecular flexibility index (Phi) is 3.44. The Hall–Kier alpha value is -1.73. The lowest BCUT2D eigenvalue weighted by Gasteiger charge is -2.16. The molecule has 5 nitrogen and oxygen atoms in total. The van der Waals surface area contributed by atoms with Crippen LogP contribution in [0.2, 0.25) is 0 Å². The van der Waals surface area contributed by atoms with Crippen LogP contribution in [0.3, 0.4) is 0 Å². The fourth-order valence-electron chi connectivity index (χ4n) is 1.50. The minimum atomic E-state index is -3.85. The molecule has 1 aromatic heterocycles. The molecule has 0 aliphatic rings. The van der Waals surface area contributed by atoms with E-state index in [9.17, 15) is 12.8 Å². The minimum absolute atomic E-state index is 0.0592. The number of aromatic nitrogens is 2. The Morgan fingerprint density at radius 3 is 2.72 bits per heavy atom. The number of sulfonamides is 1. The molecule has 0 bridgehead atoms. The summed E-state index contributed by atoms with van der Waals surface area (Å²) in [4.78, 5) is 6.39. The number of hydrogen-bond donors (Lipinski definition) is 1. The maximum atomic E-state index is 13.5. The summed E-state index contributed by atoms with van der Waals surface area (Å²) in [5, 5.41) is 0. The monoisotopic (exact) mass is 269 g/mol. The first-order valence-electron chi connectivity index (χ1n) is 5.21. The van der Waals surface area contributed by atoms with Gasteiger partial charge in [0.15, 0.2) is 0 Å². The number of hydrogen-bond acceptors (Lipinski definition) is 3. The second kappa shape index (κ2) is 4.87. The highest BCUT2D eigenvalue weighted by Crippen LogP contribution is 2.18. The topological polar surface area (TPSA) is 66.1 Å². The number of benzene rings is 1. The molecule has 0 aliphatic carbocycles. The first kappa shape index (κ1) is 12.7. The lowest BCUT2D eigenvalue weighted by Crippen LogP contribution is -2.27. The molecule has 2 aromatic rings. The lowest BCUT2D eigenvalue weighted by atomic mass is 10.4. The van der Waals surface area contributed by atoms with E-state index in [1.165, 1.54) is 31.4 Å². The van der Waals surface area contributed by atoms with Crippen molar-refractivity contribution < 1.29 is 12.8 Å². The van der Waals surface area contributed by atoms with E-state index in [4.69, 9.17) is 0 Å². The van der Waals surface area contributed by atoms with E-state index in [0.29, 0.717) is 5.82 Å². The minimum Gasteiger partial charge on any atom is -0.347 e. The van der Waals surface area contributed by atoms with E-state index in [-0.39, 0.29) is 11.4 Å². The summed E-state index contributed by atoms with van der Waals surface area (Å²) in [6, 6.07) is 5.29. The van der Waals surface area contributed by atoms with Gasteiger partial charge in [0.25, 0.3) is 0 Å². The van der Waals surface area contributed by atoms with Gasteiger partial charge in [-0.25, -0.2) is 17.8 Å². The zero-order valence-corrected chi connectivity index (χ0v) is 10.5. The SMILES string of the molecule is CN(Cc1ncc[nH]1)S(=O)(=O)c1ccccc1F. The average molecular weight is 269 g/mol. The first-order valence-corrected chi connectivity index (χ1v) is 6.65. The molecule has 0 radical (unpaired) electrons. The van der Waals surface area contributed by atoms with Crippen molar-refractivity contribution in [2.24, 2.45) is 0 Å². The summed E-state index contributed by atoms with van der Waals surface area (Å²) < 4.78 is 38.8. The second-order valence-corrected chi connectivity index (χ2v) is 5.74. The molecule has 1 aromatic carbocycles. The number of nitrogens with one attached hydrogen (secondary N) is 1. The molecule has 0 fully saturated rings. The van der Waals surface area contributed by atoms with E-state index in [1.807, 2.05) is 0 Å². The molecular weight excluding hydrogens is 257 g/mol. The highest BCUT2D eigenvalue weighted by Gasteiger charge is 2.24. The zero-order valence-electron chi connectivity index (χ0n) is 9.67. The number of halogens is 1. The number of rotatable bonds is 4. The van der Waals surface area contributed by atoms with Gasteiger partial charge < -0.3 is 4.98 Å². The van der Waals surface area contributed by atoms with Crippen LogP contribution in [0.15, 0.2) is 41.6 Å². The third-order valence-corrected chi connectivity index (χ3v) is 4.29. The van der Waals surface area contributed by atoms with Crippen molar-refractivity contribution in [1.29, 1.82) is 0 Å². The highest BCUT2D eigenvalue weighted by atomic mass is 32.2. The van der Waals surface area contributed by atoms with Gasteiger partial charge in [-0.3, -0.25) is 0 Å². The predicted octanol–water partition coefficient (Wildman–Crippen LogP) is 1.37. The fourth-order valence-corrected chi connectivity index (χ4v) is 2.70. The van der Waals surface area contributed by atoms with Crippen molar-refractivity contribution in [3.05, 3.63) is 48.3 Å². The number of H-pyrrole nitrogens is 1. The normalized spacial score (nSPS) is 11.9. The standard InChI is InChI=1S/C11H12FN3O2S/c1-15(8-11-13-6-7-14-11)18(16,17)10-5-3-2-4-9(10)12/h2-7H,8H2,1H3,(H,13,14). The smallest absolute Gasteiger partial charge is 0.246 e. The molecule has 96 valence electrons. The van der Waals surface area contributed by atoms with Crippen LogP contribution in [0.1, 0.15) is 5.82 Å². The van der Waals surface area contributed by atoms with Gasteiger partial charge in [-0.1, -0.05) is 12.1 Å². The van der Waals surface area contributed by atoms with Gasteiger partial charge in [0, 0.05) is 19.4 Å². The summed E-state index contributed by atoms with van der Waals surface area (Å²) in [5.74, 6) is -0.263. The van der Waals surface area contributed by atoms with E-state index < -0.39 is 15.8 Å². The van der Waals surface area contributed by atoms with Crippen LogP contribution in [-0.2, 0) is 16.6 Å². The molecule has 0 saturated carbocycles. The van der Waals surface area contributed by atoms with Crippen molar-refractivity contribution in [1.82, 2.24) is 14.3 Å². The zero-order chi connectivity index (χ0) is 13.2. The number of aromatic amines is 1. The quantitative estimate of drug-likeness (QED) is 0.911. The molecule has 18 heavy (non-hydrogen) atoms. The van der Waals surface area contributed by atoms with Gasteiger partial charge in [-0.05, 0) is 12.1 Å². The van der Waals surface area contributed by atoms with Crippen molar-refractivity contribution in [2.75, 3.05) is 7.05 Å². The van der Waals surface area contributed by atoms with E-state index in [0.717, 1.165) is 10.4 Å². The maximum Gasteiger partial charge on any atom is 0.246 e. The van der Waals surface area contributed by atoms with Crippen LogP contribution in [0.5, 0.6) is 0 Å². The van der Waals surface area contributed by atoms with Crippen molar-refractivity contribution in [3.63, 3.8) is 0 Å². The fraction of sp³-hybridized carbons (Fsp3) is 0.182. The van der Waals surface area contributed by atoms with Gasteiger partial charge in [-0.2, -0.15) is 4.31 Å². The molecule has 0 aliphatic heterocycles. The Morgan fingerprint density at radius 2 is 2.11 bits per heavy atom. The van der Waals surface area contributed by atoms with Crippen molar-refractivity contribution >= 4 is 10.0 Å². The van der Waals surface area contributed by atoms with Gasteiger partial charge >= 0.3 is 0 Å². The van der Waals surface area contributed by atoms with Crippen LogP contribution >= 0.6 is 0 Å². The summed E-state index contributed by atoms with van der Waals surface area (Å²) in [6.45, 7) is 0.0592. The van der Waals surface area contributed by atoms with Crippen LogP contribution in [0.4, 0.5) is 4.39 Å². The first-order chi connectivity index (χ1) is 8.51. The Labute approximate surface area is 104 Å². The second-order valence-electron chi connectivity index (χ2n) is 3.73. The summed E-state index contributed by atoms with van der Waals surface area (Å²) in [7, 11) is -2.47. The van der Waals surface area contributed by atoms with Crippen LogP contribution in [-0.4, -0.2) is 29.7 Å². The third kappa shape index (κ3) is 2.41. The molecule has 1 N–H and O–H groups in total. The molecule has 7 heteroatoms. The maximum absolute atomic E-state index is 13.5. The molecule has 0 unspecified atom stereocenters. The lowest BCUT2D eigenvalue weighted by molar-refractivity contribution is 0.452. The van der Waals surface area contributed by atoms with Crippen LogP contribution < -0.4 is 0 Å². The third-order valence-electron chi connectivity index (χ3n) is 2.45. The van der Waals surface area contributed by atoms with Crippen LogP contribution in [0.25, 0.3) is 0 Å². The van der Waals surface area contributed by atoms with Gasteiger partial charge in [-0.15, -0.1) is 0 Å². The van der Waals surface area contributed by atoms with Gasteiger partial charge in [0.1, 0.15) is 16.5 Å². The Morgan fingerprint density at radius 1 is 1.39 bits per heavy atom. The molecule has 0 amide bonds. The molecule has 0 atom stereocenters. The van der Waals surface area contributed by atoms with E-state index in [2.05, 4.69) is 9.97 Å². The predicted molar refractivity (Wildman–Crippen MR) is 63.6 cm³/mol. The summed E-state index contributed by atoms with van der Waals surface area (Å²) in [6.07, 6.45) is 3.12. The van der Waals surface area contributed by atoms with E-state index in [1.54, 1.807) is 6.20 Å². The molecule has 1 heterocycles. The molecule has 2 rings (SSSR count). The Bertz CT molecular complexity index is 625. The average Bonchev–Trinajstić information content (AvgIpc) is 2.82. The molecule has 0 spiro atoms. The van der Waals surface area contributed by atoms with Crippen molar-refractivity contribution in [3.8, 4) is 0 Å². The summed E-state index contributed by atoms with van der Waals surface area (Å²) in [5.41, 5.74) is 0. The van der Waals surface area contributed by atoms with Gasteiger partial charge in [0.05, 0.1) is 6.54 Å². The molecular formula is C11H12FN3O2S. The molecule has 0 saturated heterocycles. The number of nitrogens with zero attached hydrogens (tertiary/aromatic N) is 2. The number of imidazole rings is 1. The van der Waals surface area contributed by atoms with Crippen LogP contribution in [0, 0.1) is 5.82 Å². The van der Waals surface area contributed by atoms with Gasteiger partial charge in [0.2, 0.25) is 10.0 Å². The Balaban J connectivity index is 2.29. The highest BCUT2D eigenvalue weighted by molar-refractivity contribution is 7.89. The summed E-state index contributed by atoms with van der Waals surface area (Å²) >= 11 is 0. The van der Waals surface area contributed by atoms with Crippen molar-refractivity contribution in [2.45, 2.75) is 11.4 Å².